The van der Waals surface area contributed by atoms with Gasteiger partial charge in [0.25, 0.3) is 0 Å². The topological polar surface area (TPSA) is 78.9 Å². The first-order chi connectivity index (χ1) is 38.5. The van der Waals surface area contributed by atoms with Crippen molar-refractivity contribution in [2.45, 2.75) is 429 Å². The summed E-state index contributed by atoms with van der Waals surface area (Å²) in [5.74, 6) is 2.07. The Morgan fingerprint density at radius 3 is 0.937 bits per heavy atom. The molecule has 0 aromatic carbocycles. The fourth-order valence-electron chi connectivity index (χ4n) is 10.7. The zero-order chi connectivity index (χ0) is 58.9. The minimum atomic E-state index is 0.00164. The van der Waals surface area contributed by atoms with Crippen LogP contribution in [-0.4, -0.2) is 36.7 Å². The van der Waals surface area contributed by atoms with E-state index in [2.05, 4.69) is 76.2 Å². The van der Waals surface area contributed by atoms with E-state index in [1.807, 2.05) is 0 Å². The molecule has 0 saturated carbocycles. The minimum Gasteiger partial charge on any atom is -0.465 e. The number of hydrogen-bond acceptors (Lipinski definition) is 6. The van der Waals surface area contributed by atoms with Crippen molar-refractivity contribution in [1.82, 2.24) is 0 Å². The number of unbranched alkanes of at least 4 members (excludes halogenated alkanes) is 36. The van der Waals surface area contributed by atoms with Gasteiger partial charge in [-0.15, -0.1) is 0 Å². The smallest absolute Gasteiger partial charge is 0.306 e. The van der Waals surface area contributed by atoms with Crippen molar-refractivity contribution in [2.75, 3.05) is 6.61 Å². The number of hydrogen-bond donors (Lipinski definition) is 0. The van der Waals surface area contributed by atoms with E-state index in [9.17, 15) is 14.4 Å². The van der Waals surface area contributed by atoms with Gasteiger partial charge in [-0.2, -0.15) is 0 Å². The first-order valence-corrected chi connectivity index (χ1v) is 36.0. The van der Waals surface area contributed by atoms with Gasteiger partial charge in [0.1, 0.15) is 12.2 Å². The van der Waals surface area contributed by atoms with Crippen molar-refractivity contribution in [2.24, 2.45) is 17.8 Å². The molecule has 0 saturated heterocycles. The molecule has 0 N–H and O–H groups in total. The van der Waals surface area contributed by atoms with E-state index < -0.39 is 0 Å². The van der Waals surface area contributed by atoms with E-state index >= 15 is 0 Å². The normalized spacial score (nSPS) is 12.4. The van der Waals surface area contributed by atoms with Gasteiger partial charge in [-0.25, -0.2) is 0 Å². The van der Waals surface area contributed by atoms with Crippen LogP contribution in [0.5, 0.6) is 0 Å². The molecule has 474 valence electrons. The quantitative estimate of drug-likeness (QED) is 0.0343. The number of carbonyl (C=O) groups excluding carboxylic acids is 3. The summed E-state index contributed by atoms with van der Waals surface area (Å²) in [4.78, 5) is 35.9. The lowest BCUT2D eigenvalue weighted by Crippen LogP contribution is -2.21. The maximum absolute atomic E-state index is 12.5. The molecule has 3 unspecified atom stereocenters. The molecule has 0 bridgehead atoms. The lowest BCUT2D eigenvalue weighted by Gasteiger charge is -2.22. The zero-order valence-corrected chi connectivity index (χ0v) is 56.0. The minimum absolute atomic E-state index is 0.00164. The lowest BCUT2D eigenvalue weighted by atomic mass is 9.93. The number of esters is 3. The molecule has 0 spiro atoms. The van der Waals surface area contributed by atoms with Gasteiger partial charge in [-0.3, -0.25) is 14.4 Å². The van der Waals surface area contributed by atoms with Gasteiger partial charge in [-0.05, 0) is 75.5 Å². The van der Waals surface area contributed by atoms with Gasteiger partial charge in [0, 0.05) is 19.3 Å². The summed E-state index contributed by atoms with van der Waals surface area (Å²) in [5.41, 5.74) is 0. The Morgan fingerprint density at radius 2 is 0.608 bits per heavy atom. The Bertz CT molecular complexity index is 1180. The summed E-state index contributed by atoms with van der Waals surface area (Å²) in [6.45, 7) is 25.2. The Morgan fingerprint density at radius 1 is 0.291 bits per heavy atom. The van der Waals surface area contributed by atoms with Gasteiger partial charge in [0.05, 0.1) is 6.61 Å². The maximum atomic E-state index is 12.5. The first-order valence-electron chi connectivity index (χ1n) is 36.0. The fraction of sp³-hybridized carbons (Fsp3) is 0.959. The summed E-state index contributed by atoms with van der Waals surface area (Å²) >= 11 is 0. The van der Waals surface area contributed by atoms with Crippen LogP contribution >= 0.6 is 0 Å². The molecule has 3 atom stereocenters. The second-order valence-corrected chi connectivity index (χ2v) is 25.2. The molecular weight excluding hydrogens is 973 g/mol. The molecule has 0 aromatic heterocycles. The average molecular weight is 1120 g/mol. The predicted molar refractivity (Wildman–Crippen MR) is 348 cm³/mol. The highest BCUT2D eigenvalue weighted by atomic mass is 16.5. The Labute approximate surface area is 497 Å². The van der Waals surface area contributed by atoms with Gasteiger partial charge >= 0.3 is 17.9 Å². The van der Waals surface area contributed by atoms with Gasteiger partial charge < -0.3 is 14.2 Å². The summed E-state index contributed by atoms with van der Waals surface area (Å²) in [6, 6.07) is 0. The highest BCUT2D eigenvalue weighted by Crippen LogP contribution is 2.23. The van der Waals surface area contributed by atoms with Crippen molar-refractivity contribution in [3.05, 3.63) is 0 Å². The highest BCUT2D eigenvalue weighted by molar-refractivity contribution is 5.70. The van der Waals surface area contributed by atoms with Crippen LogP contribution in [0.4, 0.5) is 0 Å². The monoisotopic (exact) mass is 1120 g/mol. The molecule has 0 aromatic rings. The molecule has 0 aliphatic carbocycles. The first kappa shape index (κ1) is 81.6. The lowest BCUT2D eigenvalue weighted by molar-refractivity contribution is -0.151. The van der Waals surface area contributed by atoms with Crippen LogP contribution in [0.2, 0.25) is 0 Å². The van der Waals surface area contributed by atoms with Gasteiger partial charge in [-0.1, -0.05) is 339 Å². The zero-order valence-electron chi connectivity index (χ0n) is 56.0. The van der Waals surface area contributed by atoms with E-state index in [0.717, 1.165) is 57.3 Å². The summed E-state index contributed by atoms with van der Waals surface area (Å²) in [5, 5.41) is 0. The molecule has 0 amide bonds. The Kier molecular flexibility index (Phi) is 71.2. The molecular formula is C73H146O6. The van der Waals surface area contributed by atoms with Crippen molar-refractivity contribution in [3.63, 3.8) is 0 Å². The Hall–Kier alpha value is -1.59. The van der Waals surface area contributed by atoms with Crippen LogP contribution in [0, 0.1) is 17.8 Å². The van der Waals surface area contributed by atoms with Crippen LogP contribution in [0.25, 0.3) is 0 Å². The van der Waals surface area contributed by atoms with Crippen molar-refractivity contribution in [3.8, 4) is 0 Å². The summed E-state index contributed by atoms with van der Waals surface area (Å²) in [6.07, 6.45) is 66.2. The van der Waals surface area contributed by atoms with Crippen LogP contribution in [0.3, 0.4) is 0 Å². The fourth-order valence-corrected chi connectivity index (χ4v) is 10.7. The van der Waals surface area contributed by atoms with E-state index in [-0.39, 0.29) is 30.1 Å². The number of rotatable bonds is 59. The molecule has 0 aliphatic rings. The Balaban J connectivity index is -0.00000112. The average Bonchev–Trinajstić information content (AvgIpc) is 3.43. The second kappa shape index (κ2) is 68.9. The van der Waals surface area contributed by atoms with Crippen LogP contribution in [0.1, 0.15) is 416 Å². The van der Waals surface area contributed by atoms with Crippen LogP contribution in [0.15, 0.2) is 0 Å². The van der Waals surface area contributed by atoms with E-state index in [1.54, 1.807) is 0 Å². The third-order valence-electron chi connectivity index (χ3n) is 16.5. The molecule has 0 rings (SSSR count). The predicted octanol–water partition coefficient (Wildman–Crippen LogP) is 25.1. The van der Waals surface area contributed by atoms with Crippen LogP contribution < -0.4 is 0 Å². The standard InChI is InChI=1S/C30H60O2.C22H44O2.C21H42O2/c1-6-8-10-12-13-14-15-16-17-18-20-25-30(31)32-29(24-19-11-9-7-2)26-28(5)23-21-22-27(3)4;1-4-7-9-10-11-12-13-14-15-16-17-19-22(23)24-20-21(6-3)18-8-5-2;1-4-7-8-9-10-11-12-13-14-15-16-17-18-19-21(22)23-20(5-2)6-3/h27-29H,6-26H2,1-5H3;21H,4-20H2,1-3H3;20H,4-19H2,1-3H3. The maximum Gasteiger partial charge on any atom is 0.306 e. The van der Waals surface area contributed by atoms with Crippen LogP contribution in [-0.2, 0) is 28.6 Å². The number of ether oxygens (including phenoxy) is 3. The highest BCUT2D eigenvalue weighted by Gasteiger charge is 2.18. The van der Waals surface area contributed by atoms with Gasteiger partial charge in [0.15, 0.2) is 0 Å². The third-order valence-corrected chi connectivity index (χ3v) is 16.5. The molecule has 79 heavy (non-hydrogen) atoms. The van der Waals surface area contributed by atoms with Crippen molar-refractivity contribution >= 4 is 17.9 Å². The van der Waals surface area contributed by atoms with E-state index in [0.29, 0.717) is 37.7 Å². The van der Waals surface area contributed by atoms with E-state index in [4.69, 9.17) is 14.2 Å². The second-order valence-electron chi connectivity index (χ2n) is 25.2. The van der Waals surface area contributed by atoms with Crippen molar-refractivity contribution in [1.29, 1.82) is 0 Å². The van der Waals surface area contributed by atoms with Crippen molar-refractivity contribution < 1.29 is 28.6 Å². The van der Waals surface area contributed by atoms with E-state index in [1.165, 1.54) is 270 Å². The van der Waals surface area contributed by atoms with Gasteiger partial charge in [0.2, 0.25) is 0 Å². The SMILES string of the molecule is CCCCCCCCCCCCCC(=O)OC(CCCCCC)CC(C)CCCC(C)C.CCCCCCCCCCCCCC(=O)OCC(CC)CCCC.CCCCCCCCCCCCCCCC(=O)OC(CC)CC. The molecule has 0 radical (unpaired) electrons. The molecule has 0 aliphatic heterocycles. The largest absolute Gasteiger partial charge is 0.465 e. The third kappa shape index (κ3) is 68.8. The molecule has 0 heterocycles. The molecule has 0 fully saturated rings. The molecule has 6 heteroatoms. The number of carbonyl (C=O) groups is 3. The molecule has 6 nitrogen and oxygen atoms in total. The summed E-state index contributed by atoms with van der Waals surface area (Å²) < 4.78 is 16.8. The summed E-state index contributed by atoms with van der Waals surface area (Å²) in [7, 11) is 0.